The number of halogens is 3. The Morgan fingerprint density at radius 1 is 1.35 bits per heavy atom. The Labute approximate surface area is 122 Å². The number of carbonyl (C=O) groups excluding carboxylic acids is 1. The van der Waals surface area contributed by atoms with Crippen LogP contribution < -0.4 is 0 Å². The molecular formula is C12H10ClF2NO3S. The molecule has 108 valence electrons. The normalized spacial score (nSPS) is 18.9. The Hall–Kier alpha value is -1.34. The number of carbonyl (C=O) groups is 2. The lowest BCUT2D eigenvalue weighted by atomic mass is 10.1. The average Bonchev–Trinajstić information content (AvgIpc) is 2.42. The second kappa shape index (κ2) is 5.97. The van der Waals surface area contributed by atoms with Gasteiger partial charge in [-0.05, 0) is 12.1 Å². The van der Waals surface area contributed by atoms with Gasteiger partial charge >= 0.3 is 5.97 Å². The number of benzene rings is 1. The highest BCUT2D eigenvalue weighted by Gasteiger charge is 2.34. The number of rotatable bonds is 2. The maximum absolute atomic E-state index is 13.7. The van der Waals surface area contributed by atoms with Gasteiger partial charge < -0.3 is 10.0 Å². The van der Waals surface area contributed by atoms with Gasteiger partial charge in [0.25, 0.3) is 5.91 Å². The maximum atomic E-state index is 13.7. The van der Waals surface area contributed by atoms with Gasteiger partial charge in [0, 0.05) is 18.1 Å². The van der Waals surface area contributed by atoms with Crippen LogP contribution in [0.4, 0.5) is 8.78 Å². The molecule has 1 N–H and O–H groups in total. The van der Waals surface area contributed by atoms with E-state index in [9.17, 15) is 18.4 Å². The van der Waals surface area contributed by atoms with E-state index in [0.717, 1.165) is 4.90 Å². The van der Waals surface area contributed by atoms with Crippen molar-refractivity contribution in [2.45, 2.75) is 6.04 Å². The number of carboxylic acids is 1. The molecule has 4 nitrogen and oxygen atoms in total. The fourth-order valence-electron chi connectivity index (χ4n) is 1.89. The van der Waals surface area contributed by atoms with Crippen molar-refractivity contribution in [3.63, 3.8) is 0 Å². The van der Waals surface area contributed by atoms with Crippen molar-refractivity contribution < 1.29 is 23.5 Å². The molecule has 20 heavy (non-hydrogen) atoms. The van der Waals surface area contributed by atoms with Crippen LogP contribution in [0.2, 0.25) is 5.02 Å². The molecule has 0 bridgehead atoms. The lowest BCUT2D eigenvalue weighted by Gasteiger charge is -2.32. The van der Waals surface area contributed by atoms with Crippen molar-refractivity contribution in [2.75, 3.05) is 18.1 Å². The van der Waals surface area contributed by atoms with E-state index >= 15 is 0 Å². The van der Waals surface area contributed by atoms with Crippen molar-refractivity contribution in [3.8, 4) is 0 Å². The van der Waals surface area contributed by atoms with E-state index in [1.807, 2.05) is 0 Å². The van der Waals surface area contributed by atoms with Crippen molar-refractivity contribution in [1.29, 1.82) is 0 Å². The minimum absolute atomic E-state index is 0.171. The molecule has 0 spiro atoms. The van der Waals surface area contributed by atoms with E-state index in [2.05, 4.69) is 0 Å². The number of carboxylic acid groups (broad SMARTS) is 1. The smallest absolute Gasteiger partial charge is 0.327 e. The van der Waals surface area contributed by atoms with E-state index in [-0.39, 0.29) is 12.3 Å². The van der Waals surface area contributed by atoms with Crippen molar-refractivity contribution in [3.05, 3.63) is 34.4 Å². The standard InChI is InChI=1S/C12H10ClF2NO3S/c13-7-4-8(14)6(3-9(7)15)11(17)16-1-2-20-5-10(16)12(18)19/h3-4,10H,1-2,5H2,(H,18,19). The molecule has 1 aromatic carbocycles. The van der Waals surface area contributed by atoms with Gasteiger partial charge in [0.05, 0.1) is 10.6 Å². The second-order valence-corrected chi connectivity index (χ2v) is 5.73. The van der Waals surface area contributed by atoms with Gasteiger partial charge in [0.15, 0.2) is 0 Å². The molecule has 1 aliphatic heterocycles. The summed E-state index contributed by atoms with van der Waals surface area (Å²) in [6.45, 7) is 0.171. The number of nitrogens with zero attached hydrogens (tertiary/aromatic N) is 1. The SMILES string of the molecule is O=C(O)C1CSCCN1C(=O)c1cc(F)c(Cl)cc1F. The van der Waals surface area contributed by atoms with E-state index < -0.39 is 40.1 Å². The molecule has 2 rings (SSSR count). The average molecular weight is 322 g/mol. The molecule has 1 atom stereocenters. The molecule has 0 saturated carbocycles. The quantitative estimate of drug-likeness (QED) is 0.849. The lowest BCUT2D eigenvalue weighted by Crippen LogP contribution is -2.50. The van der Waals surface area contributed by atoms with E-state index in [1.54, 1.807) is 0 Å². The molecule has 1 unspecified atom stereocenters. The molecule has 1 fully saturated rings. The highest BCUT2D eigenvalue weighted by Crippen LogP contribution is 2.24. The summed E-state index contributed by atoms with van der Waals surface area (Å²) in [6, 6.07) is 0.360. The molecule has 0 aromatic heterocycles. The summed E-state index contributed by atoms with van der Waals surface area (Å²) in [5.41, 5.74) is -0.509. The predicted octanol–water partition coefficient (Wildman–Crippen LogP) is 2.26. The molecular weight excluding hydrogens is 312 g/mol. The number of amides is 1. The number of hydrogen-bond donors (Lipinski definition) is 1. The van der Waals surface area contributed by atoms with Gasteiger partial charge in [-0.2, -0.15) is 11.8 Å². The van der Waals surface area contributed by atoms with Gasteiger partial charge in [-0.3, -0.25) is 4.79 Å². The number of aliphatic carboxylic acids is 1. The molecule has 1 aliphatic rings. The third-order valence-corrected chi connectivity index (χ3v) is 4.23. The van der Waals surface area contributed by atoms with Gasteiger partial charge in [-0.15, -0.1) is 0 Å². The van der Waals surface area contributed by atoms with Gasteiger partial charge in [0.1, 0.15) is 17.7 Å². The summed E-state index contributed by atoms with van der Waals surface area (Å²) < 4.78 is 27.1. The van der Waals surface area contributed by atoms with E-state index in [0.29, 0.717) is 17.9 Å². The maximum Gasteiger partial charge on any atom is 0.327 e. The van der Waals surface area contributed by atoms with Crippen molar-refractivity contribution in [1.82, 2.24) is 4.90 Å². The summed E-state index contributed by atoms with van der Waals surface area (Å²) in [5.74, 6) is -3.13. The monoisotopic (exact) mass is 321 g/mol. The Kier molecular flexibility index (Phi) is 4.49. The van der Waals surface area contributed by atoms with Gasteiger partial charge in [-0.25, -0.2) is 13.6 Å². The van der Waals surface area contributed by atoms with Crippen LogP contribution in [0, 0.1) is 11.6 Å². The zero-order valence-electron chi connectivity index (χ0n) is 10.1. The summed E-state index contributed by atoms with van der Waals surface area (Å²) >= 11 is 6.81. The first kappa shape index (κ1) is 15.1. The highest BCUT2D eigenvalue weighted by molar-refractivity contribution is 7.99. The second-order valence-electron chi connectivity index (χ2n) is 4.17. The first-order valence-corrected chi connectivity index (χ1v) is 7.21. The predicted molar refractivity (Wildman–Crippen MR) is 71.2 cm³/mol. The lowest BCUT2D eigenvalue weighted by molar-refractivity contribution is -0.141. The Bertz CT molecular complexity index is 570. The van der Waals surface area contributed by atoms with Crippen LogP contribution in [0.3, 0.4) is 0 Å². The summed E-state index contributed by atoms with van der Waals surface area (Å²) in [6.07, 6.45) is 0. The molecule has 1 heterocycles. The molecule has 1 saturated heterocycles. The summed E-state index contributed by atoms with van der Waals surface area (Å²) in [7, 11) is 0. The van der Waals surface area contributed by atoms with E-state index in [4.69, 9.17) is 16.7 Å². The van der Waals surface area contributed by atoms with Crippen LogP contribution in [-0.4, -0.2) is 46.0 Å². The number of thioether (sulfide) groups is 1. The number of hydrogen-bond acceptors (Lipinski definition) is 3. The third kappa shape index (κ3) is 2.88. The molecule has 8 heteroatoms. The van der Waals surface area contributed by atoms with Crippen molar-refractivity contribution in [2.24, 2.45) is 0 Å². The topological polar surface area (TPSA) is 57.6 Å². The van der Waals surface area contributed by atoms with Crippen LogP contribution >= 0.6 is 23.4 Å². The molecule has 0 aliphatic carbocycles. The van der Waals surface area contributed by atoms with Gasteiger partial charge in [-0.1, -0.05) is 11.6 Å². The summed E-state index contributed by atoms with van der Waals surface area (Å²) in [4.78, 5) is 24.4. The molecule has 1 amide bonds. The highest BCUT2D eigenvalue weighted by atomic mass is 35.5. The Morgan fingerprint density at radius 2 is 2.05 bits per heavy atom. The Morgan fingerprint density at radius 3 is 2.70 bits per heavy atom. The minimum atomic E-state index is -1.17. The minimum Gasteiger partial charge on any atom is -0.480 e. The zero-order chi connectivity index (χ0) is 14.9. The zero-order valence-corrected chi connectivity index (χ0v) is 11.7. The van der Waals surface area contributed by atoms with Gasteiger partial charge in [0.2, 0.25) is 0 Å². The molecule has 1 aromatic rings. The first-order valence-electron chi connectivity index (χ1n) is 5.68. The fourth-order valence-corrected chi connectivity index (χ4v) is 3.08. The van der Waals surface area contributed by atoms with E-state index in [1.165, 1.54) is 11.8 Å². The van der Waals surface area contributed by atoms with Crippen LogP contribution in [0.5, 0.6) is 0 Å². The first-order chi connectivity index (χ1) is 9.41. The van der Waals surface area contributed by atoms with Crippen LogP contribution in [-0.2, 0) is 4.79 Å². The molecule has 0 radical (unpaired) electrons. The van der Waals surface area contributed by atoms with Crippen LogP contribution in [0.25, 0.3) is 0 Å². The fraction of sp³-hybridized carbons (Fsp3) is 0.333. The van der Waals surface area contributed by atoms with Crippen molar-refractivity contribution >= 4 is 35.2 Å². The summed E-state index contributed by atoms with van der Waals surface area (Å²) in [5, 5.41) is 8.65. The van der Waals surface area contributed by atoms with Crippen LogP contribution in [0.15, 0.2) is 12.1 Å². The third-order valence-electron chi connectivity index (χ3n) is 2.91. The largest absolute Gasteiger partial charge is 0.480 e. The van der Waals surface area contributed by atoms with Crippen LogP contribution in [0.1, 0.15) is 10.4 Å². The Balaban J connectivity index is 2.34.